The number of benzene rings is 2. The van der Waals surface area contributed by atoms with Crippen LogP contribution < -0.4 is 4.90 Å². The molecular weight excluding hydrogens is 252 g/mol. The van der Waals surface area contributed by atoms with Crippen molar-refractivity contribution >= 4 is 17.3 Å². The summed E-state index contributed by atoms with van der Waals surface area (Å²) in [5, 5.41) is 9.06. The highest BCUT2D eigenvalue weighted by atomic mass is 19.1. The van der Waals surface area contributed by atoms with Crippen LogP contribution in [0.2, 0.25) is 0 Å². The minimum absolute atomic E-state index is 0.165. The van der Waals surface area contributed by atoms with Crippen LogP contribution in [0.3, 0.4) is 0 Å². The van der Waals surface area contributed by atoms with E-state index in [1.807, 2.05) is 0 Å². The van der Waals surface area contributed by atoms with Crippen LogP contribution in [0.4, 0.5) is 20.2 Å². The summed E-state index contributed by atoms with van der Waals surface area (Å²) in [4.78, 5) is 12.5. The number of nitrogens with zero attached hydrogens (tertiary/aromatic N) is 1. The maximum Gasteiger partial charge on any atom is 0.340 e. The van der Waals surface area contributed by atoms with Crippen molar-refractivity contribution in [2.45, 2.75) is 0 Å². The highest BCUT2D eigenvalue weighted by molar-refractivity contribution is 5.95. The zero-order valence-corrected chi connectivity index (χ0v) is 10.1. The molecule has 2 rings (SSSR count). The molecule has 2 aromatic carbocycles. The number of hydrogen-bond acceptors (Lipinski definition) is 2. The second-order valence-corrected chi connectivity index (χ2v) is 3.98. The quantitative estimate of drug-likeness (QED) is 0.922. The molecule has 0 heterocycles. The number of carboxylic acid groups (broad SMARTS) is 1. The van der Waals surface area contributed by atoms with Gasteiger partial charge in [0.2, 0.25) is 0 Å². The van der Waals surface area contributed by atoms with Gasteiger partial charge in [-0.3, -0.25) is 0 Å². The smallest absolute Gasteiger partial charge is 0.340 e. The number of halogens is 2. The Morgan fingerprint density at radius 1 is 1.16 bits per heavy atom. The summed E-state index contributed by atoms with van der Waals surface area (Å²) in [5.74, 6) is -2.64. The fourth-order valence-electron chi connectivity index (χ4n) is 1.83. The lowest BCUT2D eigenvalue weighted by Crippen LogP contribution is -2.15. The van der Waals surface area contributed by atoms with Gasteiger partial charge >= 0.3 is 5.97 Å². The van der Waals surface area contributed by atoms with Crippen LogP contribution in [0.5, 0.6) is 0 Å². The molecule has 0 atom stereocenters. The third-order valence-electron chi connectivity index (χ3n) is 2.76. The van der Waals surface area contributed by atoms with E-state index in [2.05, 4.69) is 0 Å². The summed E-state index contributed by atoms with van der Waals surface area (Å²) in [6, 6.07) is 9.59. The number of hydrogen-bond donors (Lipinski definition) is 1. The van der Waals surface area contributed by atoms with E-state index in [0.29, 0.717) is 5.69 Å². The van der Waals surface area contributed by atoms with Crippen molar-refractivity contribution in [3.8, 4) is 0 Å². The van der Waals surface area contributed by atoms with Crippen molar-refractivity contribution in [1.29, 1.82) is 0 Å². The molecular formula is C14H11F2NO2. The number of carbonyl (C=O) groups is 1. The van der Waals surface area contributed by atoms with E-state index in [1.54, 1.807) is 13.1 Å². The van der Waals surface area contributed by atoms with Gasteiger partial charge in [-0.1, -0.05) is 12.1 Å². The Labute approximate surface area is 108 Å². The van der Waals surface area contributed by atoms with Crippen molar-refractivity contribution < 1.29 is 18.7 Å². The first-order valence-electron chi connectivity index (χ1n) is 5.52. The van der Waals surface area contributed by atoms with Crippen molar-refractivity contribution in [3.63, 3.8) is 0 Å². The third kappa shape index (κ3) is 2.54. The van der Waals surface area contributed by atoms with Gasteiger partial charge in [-0.2, -0.15) is 0 Å². The molecule has 0 aromatic heterocycles. The number of anilines is 2. The molecule has 98 valence electrons. The van der Waals surface area contributed by atoms with Gasteiger partial charge in [0.15, 0.2) is 0 Å². The average Bonchev–Trinajstić information content (AvgIpc) is 2.37. The van der Waals surface area contributed by atoms with E-state index >= 15 is 0 Å². The minimum atomic E-state index is -1.36. The van der Waals surface area contributed by atoms with Gasteiger partial charge in [0.05, 0.1) is 5.69 Å². The van der Waals surface area contributed by atoms with Crippen LogP contribution in [-0.4, -0.2) is 18.1 Å². The van der Waals surface area contributed by atoms with Gasteiger partial charge in [0.1, 0.15) is 17.2 Å². The second kappa shape index (κ2) is 5.06. The zero-order valence-electron chi connectivity index (χ0n) is 10.1. The monoisotopic (exact) mass is 263 g/mol. The van der Waals surface area contributed by atoms with Gasteiger partial charge < -0.3 is 10.0 Å². The van der Waals surface area contributed by atoms with E-state index in [-0.39, 0.29) is 5.69 Å². The highest BCUT2D eigenvalue weighted by Gasteiger charge is 2.19. The van der Waals surface area contributed by atoms with E-state index in [9.17, 15) is 13.6 Å². The first-order valence-corrected chi connectivity index (χ1v) is 5.52. The van der Waals surface area contributed by atoms with Crippen LogP contribution in [0, 0.1) is 11.6 Å². The van der Waals surface area contributed by atoms with Crippen molar-refractivity contribution in [3.05, 3.63) is 59.7 Å². The first kappa shape index (κ1) is 13.0. The Kier molecular flexibility index (Phi) is 3.46. The summed E-state index contributed by atoms with van der Waals surface area (Å²) < 4.78 is 26.7. The molecule has 0 fully saturated rings. The van der Waals surface area contributed by atoms with Crippen LogP contribution in [-0.2, 0) is 0 Å². The minimum Gasteiger partial charge on any atom is -0.478 e. The lowest BCUT2D eigenvalue weighted by atomic mass is 10.1. The normalized spacial score (nSPS) is 10.3. The van der Waals surface area contributed by atoms with Crippen LogP contribution in [0.15, 0.2) is 42.5 Å². The van der Waals surface area contributed by atoms with Crippen molar-refractivity contribution in [2.75, 3.05) is 11.9 Å². The molecule has 0 saturated carbocycles. The molecule has 0 aliphatic carbocycles. The standard InChI is InChI=1S/C14H11F2NO2/c1-17(10-5-2-4-9(15)8-10)12-7-3-6-11(16)13(12)14(18)19/h2-8H,1H3,(H,18,19). The lowest BCUT2D eigenvalue weighted by Gasteiger charge is -2.21. The Morgan fingerprint density at radius 2 is 1.84 bits per heavy atom. The number of aromatic carboxylic acids is 1. The SMILES string of the molecule is CN(c1cccc(F)c1)c1cccc(F)c1C(=O)O. The molecule has 5 heteroatoms. The van der Waals surface area contributed by atoms with E-state index in [1.165, 1.54) is 35.2 Å². The Hall–Kier alpha value is -2.43. The van der Waals surface area contributed by atoms with E-state index in [0.717, 1.165) is 6.07 Å². The van der Waals surface area contributed by atoms with Crippen molar-refractivity contribution in [1.82, 2.24) is 0 Å². The first-order chi connectivity index (χ1) is 9.00. The number of rotatable bonds is 3. The predicted molar refractivity (Wildman–Crippen MR) is 67.8 cm³/mol. The topological polar surface area (TPSA) is 40.5 Å². The highest BCUT2D eigenvalue weighted by Crippen LogP contribution is 2.28. The Balaban J connectivity index is 2.53. The fraction of sp³-hybridized carbons (Fsp3) is 0.0714. The van der Waals surface area contributed by atoms with Gasteiger partial charge in [0, 0.05) is 12.7 Å². The molecule has 3 nitrogen and oxygen atoms in total. The Morgan fingerprint density at radius 3 is 2.47 bits per heavy atom. The summed E-state index contributed by atoms with van der Waals surface area (Å²) >= 11 is 0. The van der Waals surface area contributed by atoms with Gasteiger partial charge in [-0.15, -0.1) is 0 Å². The predicted octanol–water partition coefficient (Wildman–Crippen LogP) is 3.43. The lowest BCUT2D eigenvalue weighted by molar-refractivity contribution is 0.0693. The average molecular weight is 263 g/mol. The summed E-state index contributed by atoms with van der Waals surface area (Å²) in [6.45, 7) is 0. The zero-order chi connectivity index (χ0) is 14.0. The van der Waals surface area contributed by atoms with Gasteiger partial charge in [0.25, 0.3) is 0 Å². The van der Waals surface area contributed by atoms with Crippen molar-refractivity contribution in [2.24, 2.45) is 0 Å². The molecule has 2 aromatic rings. The van der Waals surface area contributed by atoms with Crippen LogP contribution in [0.1, 0.15) is 10.4 Å². The van der Waals surface area contributed by atoms with Crippen LogP contribution in [0.25, 0.3) is 0 Å². The number of carboxylic acids is 1. The fourth-order valence-corrected chi connectivity index (χ4v) is 1.83. The molecule has 0 spiro atoms. The van der Waals surface area contributed by atoms with Gasteiger partial charge in [-0.05, 0) is 30.3 Å². The van der Waals surface area contributed by atoms with E-state index < -0.39 is 23.2 Å². The maximum absolute atomic E-state index is 13.6. The molecule has 19 heavy (non-hydrogen) atoms. The Bertz CT molecular complexity index is 629. The summed E-state index contributed by atoms with van der Waals surface area (Å²) in [7, 11) is 1.55. The molecule has 0 aliphatic heterocycles. The molecule has 0 saturated heterocycles. The molecule has 1 N–H and O–H groups in total. The molecule has 0 amide bonds. The maximum atomic E-state index is 13.6. The summed E-state index contributed by atoms with van der Waals surface area (Å²) in [5.41, 5.74) is 0.167. The molecule has 0 unspecified atom stereocenters. The third-order valence-corrected chi connectivity index (χ3v) is 2.76. The molecule has 0 bridgehead atoms. The van der Waals surface area contributed by atoms with E-state index in [4.69, 9.17) is 5.11 Å². The largest absolute Gasteiger partial charge is 0.478 e. The van der Waals surface area contributed by atoms with Gasteiger partial charge in [-0.25, -0.2) is 13.6 Å². The molecule has 0 radical (unpaired) electrons. The summed E-state index contributed by atoms with van der Waals surface area (Å²) in [6.07, 6.45) is 0. The second-order valence-electron chi connectivity index (χ2n) is 3.98. The van der Waals surface area contributed by atoms with Crippen LogP contribution >= 0.6 is 0 Å². The molecule has 0 aliphatic rings.